The van der Waals surface area contributed by atoms with Gasteiger partial charge in [0, 0.05) is 12.2 Å². The Labute approximate surface area is 148 Å². The SMILES string of the molecule is Cc1cccc(C)c1Nc1nncc(NCCCc2ccccc2)n1. The highest BCUT2D eigenvalue weighted by Crippen LogP contribution is 2.22. The first-order chi connectivity index (χ1) is 12.2. The quantitative estimate of drug-likeness (QED) is 0.632. The van der Waals surface area contributed by atoms with Crippen molar-refractivity contribution in [2.45, 2.75) is 26.7 Å². The van der Waals surface area contributed by atoms with Gasteiger partial charge in [-0.05, 0) is 43.4 Å². The summed E-state index contributed by atoms with van der Waals surface area (Å²) in [6, 6.07) is 16.7. The van der Waals surface area contributed by atoms with E-state index < -0.39 is 0 Å². The van der Waals surface area contributed by atoms with Crippen molar-refractivity contribution in [1.29, 1.82) is 0 Å². The van der Waals surface area contributed by atoms with E-state index in [-0.39, 0.29) is 0 Å². The Balaban J connectivity index is 1.56. The van der Waals surface area contributed by atoms with Crippen LogP contribution in [0.2, 0.25) is 0 Å². The highest BCUT2D eigenvalue weighted by atomic mass is 15.3. The second kappa shape index (κ2) is 8.24. The highest BCUT2D eigenvalue weighted by Gasteiger charge is 2.06. The summed E-state index contributed by atoms with van der Waals surface area (Å²) in [5.41, 5.74) is 4.70. The molecular weight excluding hydrogens is 310 g/mol. The minimum Gasteiger partial charge on any atom is -0.369 e. The van der Waals surface area contributed by atoms with E-state index in [1.807, 2.05) is 12.1 Å². The van der Waals surface area contributed by atoms with Crippen molar-refractivity contribution in [1.82, 2.24) is 15.2 Å². The van der Waals surface area contributed by atoms with Crippen LogP contribution in [-0.2, 0) is 6.42 Å². The molecule has 128 valence electrons. The molecule has 5 heteroatoms. The number of nitrogens with one attached hydrogen (secondary N) is 2. The first-order valence-electron chi connectivity index (χ1n) is 8.53. The Kier molecular flexibility index (Phi) is 5.57. The summed E-state index contributed by atoms with van der Waals surface area (Å²) in [7, 11) is 0. The van der Waals surface area contributed by atoms with Crippen LogP contribution in [0.15, 0.2) is 54.7 Å². The second-order valence-electron chi connectivity index (χ2n) is 6.07. The van der Waals surface area contributed by atoms with Crippen LogP contribution in [0.4, 0.5) is 17.5 Å². The fourth-order valence-electron chi connectivity index (χ4n) is 2.72. The normalized spacial score (nSPS) is 10.5. The van der Waals surface area contributed by atoms with E-state index in [4.69, 9.17) is 0 Å². The molecule has 25 heavy (non-hydrogen) atoms. The number of hydrogen-bond donors (Lipinski definition) is 2. The van der Waals surface area contributed by atoms with Crippen molar-refractivity contribution in [3.63, 3.8) is 0 Å². The Hall–Kier alpha value is -2.95. The van der Waals surface area contributed by atoms with Crippen LogP contribution >= 0.6 is 0 Å². The van der Waals surface area contributed by atoms with Crippen LogP contribution in [0.25, 0.3) is 0 Å². The van der Waals surface area contributed by atoms with Gasteiger partial charge < -0.3 is 10.6 Å². The molecule has 0 spiro atoms. The molecule has 0 aliphatic heterocycles. The Bertz CT molecular complexity index is 797. The predicted molar refractivity (Wildman–Crippen MR) is 102 cm³/mol. The van der Waals surface area contributed by atoms with Crippen molar-refractivity contribution < 1.29 is 0 Å². The van der Waals surface area contributed by atoms with Gasteiger partial charge in [0.2, 0.25) is 5.95 Å². The molecule has 0 fully saturated rings. The highest BCUT2D eigenvalue weighted by molar-refractivity contribution is 5.63. The average molecular weight is 333 g/mol. The number of benzene rings is 2. The van der Waals surface area contributed by atoms with Gasteiger partial charge in [-0.1, -0.05) is 48.5 Å². The molecule has 0 radical (unpaired) electrons. The standard InChI is InChI=1S/C20H23N5/c1-15-8-6-9-16(2)19(15)24-20-23-18(14-22-25-20)21-13-7-12-17-10-4-3-5-11-17/h3-6,8-11,14H,7,12-13H2,1-2H3,(H2,21,23,24,25). The van der Waals surface area contributed by atoms with Crippen molar-refractivity contribution in [3.05, 3.63) is 71.4 Å². The summed E-state index contributed by atoms with van der Waals surface area (Å²) in [5.74, 6) is 1.24. The van der Waals surface area contributed by atoms with Crippen molar-refractivity contribution in [2.24, 2.45) is 0 Å². The van der Waals surface area contributed by atoms with Crippen molar-refractivity contribution in [3.8, 4) is 0 Å². The van der Waals surface area contributed by atoms with Gasteiger partial charge in [0.15, 0.2) is 5.82 Å². The number of aryl methyl sites for hydroxylation is 3. The topological polar surface area (TPSA) is 62.7 Å². The number of nitrogens with zero attached hydrogens (tertiary/aromatic N) is 3. The van der Waals surface area contributed by atoms with Crippen LogP contribution in [0.5, 0.6) is 0 Å². The molecule has 0 atom stereocenters. The molecule has 0 amide bonds. The van der Waals surface area contributed by atoms with E-state index in [2.05, 4.69) is 76.1 Å². The average Bonchev–Trinajstić information content (AvgIpc) is 2.63. The summed E-state index contributed by atoms with van der Waals surface area (Å²) >= 11 is 0. The van der Waals surface area contributed by atoms with Gasteiger partial charge >= 0.3 is 0 Å². The number of para-hydroxylation sites is 1. The molecule has 1 aromatic heterocycles. The molecule has 0 aliphatic rings. The van der Waals surface area contributed by atoms with Crippen molar-refractivity contribution in [2.75, 3.05) is 17.2 Å². The predicted octanol–water partition coefficient (Wildman–Crippen LogP) is 4.28. The van der Waals surface area contributed by atoms with E-state index in [1.165, 1.54) is 5.56 Å². The van der Waals surface area contributed by atoms with E-state index in [1.54, 1.807) is 6.20 Å². The molecule has 0 saturated heterocycles. The van der Waals surface area contributed by atoms with Gasteiger partial charge in [-0.25, -0.2) is 0 Å². The summed E-state index contributed by atoms with van der Waals surface area (Å²) in [4.78, 5) is 4.50. The maximum atomic E-state index is 4.50. The van der Waals surface area contributed by atoms with E-state index in [0.29, 0.717) is 5.95 Å². The van der Waals surface area contributed by atoms with E-state index in [0.717, 1.165) is 42.0 Å². The van der Waals surface area contributed by atoms with E-state index >= 15 is 0 Å². The van der Waals surface area contributed by atoms with Crippen LogP contribution in [-0.4, -0.2) is 21.7 Å². The number of hydrogen-bond acceptors (Lipinski definition) is 5. The molecule has 2 N–H and O–H groups in total. The fraction of sp³-hybridized carbons (Fsp3) is 0.250. The van der Waals surface area contributed by atoms with Crippen LogP contribution in [0.1, 0.15) is 23.1 Å². The fourth-order valence-corrected chi connectivity index (χ4v) is 2.72. The lowest BCUT2D eigenvalue weighted by atomic mass is 10.1. The summed E-state index contributed by atoms with van der Waals surface area (Å²) in [6.45, 7) is 4.97. The minimum atomic E-state index is 0.505. The van der Waals surface area contributed by atoms with Gasteiger partial charge in [0.1, 0.15) is 0 Å². The molecule has 1 heterocycles. The Morgan fingerprint density at radius 3 is 2.44 bits per heavy atom. The lowest BCUT2D eigenvalue weighted by Gasteiger charge is -2.11. The maximum Gasteiger partial charge on any atom is 0.249 e. The van der Waals surface area contributed by atoms with Crippen molar-refractivity contribution >= 4 is 17.5 Å². The van der Waals surface area contributed by atoms with E-state index in [9.17, 15) is 0 Å². The molecule has 0 saturated carbocycles. The zero-order valence-electron chi connectivity index (χ0n) is 14.7. The molecule has 0 bridgehead atoms. The lowest BCUT2D eigenvalue weighted by Crippen LogP contribution is -2.08. The lowest BCUT2D eigenvalue weighted by molar-refractivity contribution is 0.853. The molecule has 3 aromatic rings. The monoisotopic (exact) mass is 333 g/mol. The molecule has 0 unspecified atom stereocenters. The molecular formula is C20H23N5. The zero-order chi connectivity index (χ0) is 17.5. The third kappa shape index (κ3) is 4.76. The summed E-state index contributed by atoms with van der Waals surface area (Å²) in [5, 5.41) is 14.7. The minimum absolute atomic E-state index is 0.505. The van der Waals surface area contributed by atoms with Crippen LogP contribution in [0, 0.1) is 13.8 Å². The van der Waals surface area contributed by atoms with Crippen LogP contribution in [0.3, 0.4) is 0 Å². The summed E-state index contributed by atoms with van der Waals surface area (Å²) in [6.07, 6.45) is 3.73. The third-order valence-electron chi connectivity index (χ3n) is 4.07. The summed E-state index contributed by atoms with van der Waals surface area (Å²) < 4.78 is 0. The Morgan fingerprint density at radius 1 is 0.920 bits per heavy atom. The molecule has 2 aromatic carbocycles. The van der Waals surface area contributed by atoms with Gasteiger partial charge in [0.25, 0.3) is 0 Å². The zero-order valence-corrected chi connectivity index (χ0v) is 14.7. The van der Waals surface area contributed by atoms with Gasteiger partial charge in [-0.3, -0.25) is 0 Å². The second-order valence-corrected chi connectivity index (χ2v) is 6.07. The molecule has 0 aliphatic carbocycles. The third-order valence-corrected chi connectivity index (χ3v) is 4.07. The number of anilines is 3. The number of aromatic nitrogens is 3. The smallest absolute Gasteiger partial charge is 0.249 e. The first-order valence-corrected chi connectivity index (χ1v) is 8.53. The molecule has 5 nitrogen and oxygen atoms in total. The molecule has 3 rings (SSSR count). The van der Waals surface area contributed by atoms with Gasteiger partial charge in [0.05, 0.1) is 6.20 Å². The Morgan fingerprint density at radius 2 is 1.68 bits per heavy atom. The largest absolute Gasteiger partial charge is 0.369 e. The maximum absolute atomic E-state index is 4.50. The number of rotatable bonds is 7. The van der Waals surface area contributed by atoms with Gasteiger partial charge in [-0.15, -0.1) is 5.10 Å². The van der Waals surface area contributed by atoms with Crippen LogP contribution < -0.4 is 10.6 Å². The van der Waals surface area contributed by atoms with Gasteiger partial charge in [-0.2, -0.15) is 10.1 Å². The first kappa shape index (κ1) is 16.9.